The molecule has 2 rings (SSSR count). The van der Waals surface area contributed by atoms with E-state index in [0.717, 1.165) is 23.1 Å². The molecule has 21 heavy (non-hydrogen) atoms. The molecule has 1 amide bonds. The number of amides is 1. The van der Waals surface area contributed by atoms with Gasteiger partial charge in [0.1, 0.15) is 5.69 Å². The van der Waals surface area contributed by atoms with Gasteiger partial charge in [-0.15, -0.1) is 0 Å². The molecule has 1 aromatic carbocycles. The van der Waals surface area contributed by atoms with Crippen LogP contribution >= 0.6 is 0 Å². The Morgan fingerprint density at radius 1 is 1.38 bits per heavy atom. The Bertz CT molecular complexity index is 628. The highest BCUT2D eigenvalue weighted by Gasteiger charge is 2.13. The summed E-state index contributed by atoms with van der Waals surface area (Å²) >= 11 is 0. The highest BCUT2D eigenvalue weighted by Crippen LogP contribution is 2.23. The maximum absolute atomic E-state index is 12.3. The second-order valence-electron chi connectivity index (χ2n) is 4.93. The molecule has 0 saturated carbocycles. The highest BCUT2D eigenvalue weighted by molar-refractivity contribution is 5.99. The van der Waals surface area contributed by atoms with Gasteiger partial charge in [-0.2, -0.15) is 0 Å². The number of aromatic nitrogens is 1. The zero-order valence-corrected chi connectivity index (χ0v) is 12.6. The van der Waals surface area contributed by atoms with Gasteiger partial charge >= 0.3 is 0 Å². The zero-order valence-electron chi connectivity index (χ0n) is 12.6. The lowest BCUT2D eigenvalue weighted by Crippen LogP contribution is -2.36. The third-order valence-electron chi connectivity index (χ3n) is 3.11. The summed E-state index contributed by atoms with van der Waals surface area (Å²) in [5.41, 5.74) is 2.14. The molecular formula is C16H21N3O2. The van der Waals surface area contributed by atoms with E-state index in [0.29, 0.717) is 12.3 Å². The number of anilines is 1. The fraction of sp³-hybridized carbons (Fsp3) is 0.375. The number of para-hydroxylation sites is 1. The molecule has 0 bridgehead atoms. The molecule has 112 valence electrons. The SMILES string of the molecule is CCNc1cc(C(=O)NC(C)COC)nc2ccccc12. The summed E-state index contributed by atoms with van der Waals surface area (Å²) in [4.78, 5) is 16.7. The first kappa shape index (κ1) is 15.3. The molecule has 0 aliphatic carbocycles. The summed E-state index contributed by atoms with van der Waals surface area (Å²) in [6.45, 7) is 5.18. The van der Waals surface area contributed by atoms with Crippen LogP contribution in [0.2, 0.25) is 0 Å². The number of nitrogens with one attached hydrogen (secondary N) is 2. The Morgan fingerprint density at radius 2 is 2.14 bits per heavy atom. The lowest BCUT2D eigenvalue weighted by molar-refractivity contribution is 0.0901. The Morgan fingerprint density at radius 3 is 2.86 bits per heavy atom. The van der Waals surface area contributed by atoms with Gasteiger partial charge in [0.25, 0.3) is 5.91 Å². The first-order chi connectivity index (χ1) is 10.2. The van der Waals surface area contributed by atoms with Crippen molar-refractivity contribution in [1.29, 1.82) is 0 Å². The smallest absolute Gasteiger partial charge is 0.270 e. The van der Waals surface area contributed by atoms with Gasteiger partial charge in [0.2, 0.25) is 0 Å². The van der Waals surface area contributed by atoms with E-state index in [4.69, 9.17) is 4.74 Å². The fourth-order valence-electron chi connectivity index (χ4n) is 2.22. The van der Waals surface area contributed by atoms with Gasteiger partial charge in [-0.1, -0.05) is 18.2 Å². The van der Waals surface area contributed by atoms with Crippen LogP contribution in [0, 0.1) is 0 Å². The first-order valence-corrected chi connectivity index (χ1v) is 7.09. The van der Waals surface area contributed by atoms with E-state index in [-0.39, 0.29) is 11.9 Å². The van der Waals surface area contributed by atoms with E-state index in [1.807, 2.05) is 38.1 Å². The highest BCUT2D eigenvalue weighted by atomic mass is 16.5. The van der Waals surface area contributed by atoms with Gasteiger partial charge in [-0.3, -0.25) is 4.79 Å². The number of carbonyl (C=O) groups excluding carboxylic acids is 1. The Kier molecular flexibility index (Phi) is 5.11. The van der Waals surface area contributed by atoms with E-state index in [1.165, 1.54) is 0 Å². The summed E-state index contributed by atoms with van der Waals surface area (Å²) in [5.74, 6) is -0.190. The van der Waals surface area contributed by atoms with E-state index in [2.05, 4.69) is 15.6 Å². The van der Waals surface area contributed by atoms with Crippen LogP contribution in [0.25, 0.3) is 10.9 Å². The number of hydrogen-bond donors (Lipinski definition) is 2. The fourth-order valence-corrected chi connectivity index (χ4v) is 2.22. The van der Waals surface area contributed by atoms with Crippen molar-refractivity contribution >= 4 is 22.5 Å². The summed E-state index contributed by atoms with van der Waals surface area (Å²) in [6, 6.07) is 9.52. The number of fused-ring (bicyclic) bond motifs is 1. The largest absolute Gasteiger partial charge is 0.385 e. The maximum Gasteiger partial charge on any atom is 0.270 e. The van der Waals surface area contributed by atoms with E-state index >= 15 is 0 Å². The minimum atomic E-state index is -0.190. The molecule has 0 fully saturated rings. The number of benzene rings is 1. The van der Waals surface area contributed by atoms with Crippen molar-refractivity contribution in [2.24, 2.45) is 0 Å². The molecule has 2 aromatic rings. The number of nitrogens with zero attached hydrogens (tertiary/aromatic N) is 1. The van der Waals surface area contributed by atoms with Crippen LogP contribution in [-0.4, -0.2) is 37.2 Å². The van der Waals surface area contributed by atoms with Crippen molar-refractivity contribution in [3.05, 3.63) is 36.0 Å². The van der Waals surface area contributed by atoms with Crippen LogP contribution < -0.4 is 10.6 Å². The topological polar surface area (TPSA) is 63.2 Å². The lowest BCUT2D eigenvalue weighted by Gasteiger charge is -2.14. The van der Waals surface area contributed by atoms with E-state index in [9.17, 15) is 4.79 Å². The van der Waals surface area contributed by atoms with Crippen molar-refractivity contribution in [2.75, 3.05) is 25.6 Å². The van der Waals surface area contributed by atoms with Crippen LogP contribution in [0.4, 0.5) is 5.69 Å². The van der Waals surface area contributed by atoms with Gasteiger partial charge in [-0.05, 0) is 26.0 Å². The predicted octanol–water partition coefficient (Wildman–Crippen LogP) is 2.43. The standard InChI is InChI=1S/C16H21N3O2/c1-4-17-14-9-15(16(20)18-11(2)10-21-3)19-13-8-6-5-7-12(13)14/h5-9,11H,4,10H2,1-3H3,(H,17,19)(H,18,20). The second-order valence-corrected chi connectivity index (χ2v) is 4.93. The summed E-state index contributed by atoms with van der Waals surface area (Å²) in [6.07, 6.45) is 0. The number of rotatable bonds is 6. The second kappa shape index (κ2) is 7.04. The molecular weight excluding hydrogens is 266 g/mol. The molecule has 0 saturated heterocycles. The Labute approximate surface area is 124 Å². The number of methoxy groups -OCH3 is 1. The van der Waals surface area contributed by atoms with Gasteiger partial charge in [-0.25, -0.2) is 4.98 Å². The number of hydrogen-bond acceptors (Lipinski definition) is 4. The normalized spacial score (nSPS) is 12.1. The van der Waals surface area contributed by atoms with E-state index < -0.39 is 0 Å². The molecule has 5 heteroatoms. The third-order valence-corrected chi connectivity index (χ3v) is 3.11. The first-order valence-electron chi connectivity index (χ1n) is 7.09. The van der Waals surface area contributed by atoms with Crippen molar-refractivity contribution in [2.45, 2.75) is 19.9 Å². The molecule has 1 unspecified atom stereocenters. The van der Waals surface area contributed by atoms with Crippen molar-refractivity contribution in [1.82, 2.24) is 10.3 Å². The van der Waals surface area contributed by atoms with Crippen molar-refractivity contribution in [3.63, 3.8) is 0 Å². The number of ether oxygens (including phenoxy) is 1. The van der Waals surface area contributed by atoms with Crippen LogP contribution in [0.1, 0.15) is 24.3 Å². The molecule has 5 nitrogen and oxygen atoms in total. The molecule has 0 aliphatic heterocycles. The molecule has 1 atom stereocenters. The molecule has 1 aromatic heterocycles. The van der Waals surface area contributed by atoms with Crippen molar-refractivity contribution < 1.29 is 9.53 Å². The monoisotopic (exact) mass is 287 g/mol. The molecule has 0 aliphatic rings. The van der Waals surface area contributed by atoms with Crippen LogP contribution in [0.15, 0.2) is 30.3 Å². The average molecular weight is 287 g/mol. The number of pyridine rings is 1. The minimum absolute atomic E-state index is 0.0571. The zero-order chi connectivity index (χ0) is 15.2. The molecule has 0 radical (unpaired) electrons. The Hall–Kier alpha value is -2.14. The third kappa shape index (κ3) is 3.70. The van der Waals surface area contributed by atoms with Gasteiger partial charge in [0, 0.05) is 30.8 Å². The lowest BCUT2D eigenvalue weighted by atomic mass is 10.1. The van der Waals surface area contributed by atoms with Gasteiger partial charge in [0.15, 0.2) is 0 Å². The summed E-state index contributed by atoms with van der Waals surface area (Å²) in [7, 11) is 1.61. The predicted molar refractivity (Wildman–Crippen MR) is 84.7 cm³/mol. The Balaban J connectivity index is 2.33. The minimum Gasteiger partial charge on any atom is -0.385 e. The van der Waals surface area contributed by atoms with Gasteiger partial charge in [0.05, 0.1) is 12.1 Å². The van der Waals surface area contributed by atoms with Crippen molar-refractivity contribution in [3.8, 4) is 0 Å². The summed E-state index contributed by atoms with van der Waals surface area (Å²) in [5, 5.41) is 7.17. The van der Waals surface area contributed by atoms with E-state index in [1.54, 1.807) is 13.2 Å². The quantitative estimate of drug-likeness (QED) is 0.856. The average Bonchev–Trinajstić information content (AvgIpc) is 2.47. The molecule has 1 heterocycles. The van der Waals surface area contributed by atoms with Crippen LogP contribution in [-0.2, 0) is 4.74 Å². The molecule has 2 N–H and O–H groups in total. The van der Waals surface area contributed by atoms with Crippen LogP contribution in [0.5, 0.6) is 0 Å². The summed E-state index contributed by atoms with van der Waals surface area (Å²) < 4.78 is 5.03. The maximum atomic E-state index is 12.3. The van der Waals surface area contributed by atoms with Gasteiger partial charge < -0.3 is 15.4 Å². The number of carbonyl (C=O) groups is 1. The van der Waals surface area contributed by atoms with Crippen LogP contribution in [0.3, 0.4) is 0 Å². The molecule has 0 spiro atoms.